The average Bonchev–Trinajstić information content (AvgIpc) is 3.23. The highest BCUT2D eigenvalue weighted by molar-refractivity contribution is 5.76. The summed E-state index contributed by atoms with van der Waals surface area (Å²) in [6, 6.07) is 7.99. The summed E-state index contributed by atoms with van der Waals surface area (Å²) in [5.41, 5.74) is 1.93. The number of hydrogen-bond donors (Lipinski definition) is 3. The Balaban J connectivity index is 1.57. The van der Waals surface area contributed by atoms with Gasteiger partial charge in [0, 0.05) is 19.0 Å². The van der Waals surface area contributed by atoms with Crippen molar-refractivity contribution < 1.29 is 14.7 Å². The van der Waals surface area contributed by atoms with Crippen LogP contribution >= 0.6 is 0 Å². The number of nitrogens with one attached hydrogen (secondary N) is 2. The van der Waals surface area contributed by atoms with Gasteiger partial charge in [-0.3, -0.25) is 9.59 Å². The zero-order valence-electron chi connectivity index (χ0n) is 12.1. The summed E-state index contributed by atoms with van der Waals surface area (Å²) in [7, 11) is 0. The maximum absolute atomic E-state index is 11.5. The topological polar surface area (TPSA) is 78.4 Å². The number of hydrogen-bond acceptors (Lipinski definition) is 3. The monoisotopic (exact) mass is 290 g/mol. The van der Waals surface area contributed by atoms with Gasteiger partial charge in [-0.1, -0.05) is 24.3 Å². The summed E-state index contributed by atoms with van der Waals surface area (Å²) < 4.78 is 0. The smallest absolute Gasteiger partial charge is 0.307 e. The summed E-state index contributed by atoms with van der Waals surface area (Å²) in [4.78, 5) is 22.0. The molecule has 0 heterocycles. The van der Waals surface area contributed by atoms with Crippen LogP contribution in [-0.2, 0) is 22.6 Å². The highest BCUT2D eigenvalue weighted by Crippen LogP contribution is 2.18. The highest BCUT2D eigenvalue weighted by atomic mass is 16.4. The molecule has 1 aromatic carbocycles. The minimum atomic E-state index is -0.814. The van der Waals surface area contributed by atoms with Gasteiger partial charge < -0.3 is 15.7 Å². The van der Waals surface area contributed by atoms with Gasteiger partial charge in [-0.15, -0.1) is 0 Å². The normalized spacial score (nSPS) is 13.9. The Morgan fingerprint density at radius 3 is 2.43 bits per heavy atom. The van der Waals surface area contributed by atoms with E-state index in [-0.39, 0.29) is 12.3 Å². The lowest BCUT2D eigenvalue weighted by molar-refractivity contribution is -0.136. The number of carboxylic acid groups (broad SMARTS) is 1. The molecule has 0 unspecified atom stereocenters. The number of carboxylic acids is 1. The van der Waals surface area contributed by atoms with Crippen LogP contribution in [0.2, 0.25) is 0 Å². The lowest BCUT2D eigenvalue weighted by Gasteiger charge is -2.06. The van der Waals surface area contributed by atoms with E-state index in [0.29, 0.717) is 12.5 Å². The zero-order chi connectivity index (χ0) is 15.1. The largest absolute Gasteiger partial charge is 0.481 e. The van der Waals surface area contributed by atoms with E-state index >= 15 is 0 Å². The first-order chi connectivity index (χ1) is 10.1. The molecule has 1 aliphatic rings. The van der Waals surface area contributed by atoms with E-state index in [4.69, 9.17) is 5.11 Å². The van der Waals surface area contributed by atoms with Gasteiger partial charge >= 0.3 is 5.97 Å². The first-order valence-corrected chi connectivity index (χ1v) is 7.43. The first kappa shape index (κ1) is 15.5. The summed E-state index contributed by atoms with van der Waals surface area (Å²) in [5.74, 6) is -0.664. The Hall–Kier alpha value is -1.88. The molecule has 5 nitrogen and oxygen atoms in total. The molecule has 5 heteroatoms. The fourth-order valence-corrected chi connectivity index (χ4v) is 2.08. The molecule has 3 N–H and O–H groups in total. The van der Waals surface area contributed by atoms with Gasteiger partial charge in [-0.2, -0.15) is 0 Å². The van der Waals surface area contributed by atoms with E-state index in [1.165, 1.54) is 0 Å². The molecular weight excluding hydrogens is 268 g/mol. The molecule has 1 saturated carbocycles. The number of carbonyl (C=O) groups is 2. The second-order valence-electron chi connectivity index (χ2n) is 5.51. The molecular formula is C16H22N2O3. The van der Waals surface area contributed by atoms with Gasteiger partial charge in [-0.25, -0.2) is 0 Å². The van der Waals surface area contributed by atoms with Gasteiger partial charge in [0.25, 0.3) is 0 Å². The van der Waals surface area contributed by atoms with Crippen LogP contribution < -0.4 is 10.6 Å². The third-order valence-corrected chi connectivity index (χ3v) is 3.41. The molecule has 1 amide bonds. The van der Waals surface area contributed by atoms with Gasteiger partial charge in [0.1, 0.15) is 0 Å². The minimum absolute atomic E-state index is 0.0593. The van der Waals surface area contributed by atoms with Crippen LogP contribution in [0.1, 0.15) is 36.8 Å². The van der Waals surface area contributed by atoms with Crippen molar-refractivity contribution in [2.45, 2.75) is 44.7 Å². The van der Waals surface area contributed by atoms with Crippen LogP contribution in [0.5, 0.6) is 0 Å². The van der Waals surface area contributed by atoms with E-state index in [9.17, 15) is 9.59 Å². The lowest BCUT2D eigenvalue weighted by atomic mass is 10.1. The molecule has 0 atom stereocenters. The molecule has 2 rings (SSSR count). The molecule has 0 saturated heterocycles. The molecule has 1 fully saturated rings. The lowest BCUT2D eigenvalue weighted by Crippen LogP contribution is -2.26. The molecule has 0 spiro atoms. The van der Waals surface area contributed by atoms with E-state index in [1.54, 1.807) is 0 Å². The van der Waals surface area contributed by atoms with Gasteiger partial charge in [0.05, 0.1) is 6.42 Å². The highest BCUT2D eigenvalue weighted by Gasteiger charge is 2.22. The van der Waals surface area contributed by atoms with Crippen LogP contribution in [0.3, 0.4) is 0 Å². The number of aliphatic carboxylic acids is 1. The molecule has 1 aliphatic carbocycles. The van der Waals surface area contributed by atoms with E-state index in [1.807, 2.05) is 24.3 Å². The standard InChI is InChI=1S/C16H22N2O3/c19-15(18-14-7-8-14)2-1-9-17-11-13-5-3-12(4-6-13)10-16(20)21/h3-6,14,17H,1-2,7-11H2,(H,18,19)(H,20,21). The van der Waals surface area contributed by atoms with Gasteiger partial charge in [0.15, 0.2) is 0 Å². The Morgan fingerprint density at radius 1 is 1.14 bits per heavy atom. The second-order valence-corrected chi connectivity index (χ2v) is 5.51. The third kappa shape index (κ3) is 6.40. The van der Waals surface area contributed by atoms with Crippen molar-refractivity contribution >= 4 is 11.9 Å². The Bertz CT molecular complexity index is 481. The molecule has 0 aliphatic heterocycles. The van der Waals surface area contributed by atoms with Crippen LogP contribution in [0, 0.1) is 0 Å². The first-order valence-electron chi connectivity index (χ1n) is 7.43. The minimum Gasteiger partial charge on any atom is -0.481 e. The van der Waals surface area contributed by atoms with Crippen molar-refractivity contribution in [3.63, 3.8) is 0 Å². The number of rotatable bonds is 9. The molecule has 0 aromatic heterocycles. The summed E-state index contributed by atoms with van der Waals surface area (Å²) in [5, 5.41) is 15.0. The summed E-state index contributed by atoms with van der Waals surface area (Å²) in [6.45, 7) is 1.53. The maximum atomic E-state index is 11.5. The van der Waals surface area contributed by atoms with Gasteiger partial charge in [-0.05, 0) is 36.9 Å². The van der Waals surface area contributed by atoms with E-state index in [2.05, 4.69) is 10.6 Å². The zero-order valence-corrected chi connectivity index (χ0v) is 12.1. The fourth-order valence-electron chi connectivity index (χ4n) is 2.08. The predicted molar refractivity (Wildman–Crippen MR) is 79.9 cm³/mol. The third-order valence-electron chi connectivity index (χ3n) is 3.41. The van der Waals surface area contributed by atoms with Crippen molar-refractivity contribution in [2.75, 3.05) is 6.54 Å². The molecule has 114 valence electrons. The van der Waals surface area contributed by atoms with Crippen molar-refractivity contribution in [2.24, 2.45) is 0 Å². The Morgan fingerprint density at radius 2 is 1.81 bits per heavy atom. The van der Waals surface area contributed by atoms with Crippen LogP contribution in [0.4, 0.5) is 0 Å². The second kappa shape index (κ2) is 7.78. The van der Waals surface area contributed by atoms with Crippen LogP contribution in [-0.4, -0.2) is 29.6 Å². The van der Waals surface area contributed by atoms with Crippen molar-refractivity contribution in [1.29, 1.82) is 0 Å². The molecule has 21 heavy (non-hydrogen) atoms. The summed E-state index contributed by atoms with van der Waals surface area (Å²) in [6.07, 6.45) is 3.71. The maximum Gasteiger partial charge on any atom is 0.307 e. The number of benzene rings is 1. The van der Waals surface area contributed by atoms with Crippen LogP contribution in [0.25, 0.3) is 0 Å². The van der Waals surface area contributed by atoms with Crippen LogP contribution in [0.15, 0.2) is 24.3 Å². The van der Waals surface area contributed by atoms with Gasteiger partial charge in [0.2, 0.25) is 5.91 Å². The van der Waals surface area contributed by atoms with E-state index < -0.39 is 5.97 Å². The molecule has 1 aromatic rings. The molecule has 0 bridgehead atoms. The Labute approximate surface area is 124 Å². The van der Waals surface area contributed by atoms with Crippen molar-refractivity contribution in [3.8, 4) is 0 Å². The Kier molecular flexibility index (Phi) is 5.75. The quantitative estimate of drug-likeness (QED) is 0.602. The van der Waals surface area contributed by atoms with Crippen molar-refractivity contribution in [3.05, 3.63) is 35.4 Å². The number of amides is 1. The fraction of sp³-hybridized carbons (Fsp3) is 0.500. The predicted octanol–water partition coefficient (Wildman–Crippen LogP) is 1.46. The SMILES string of the molecule is O=C(O)Cc1ccc(CNCCCC(=O)NC2CC2)cc1. The molecule has 0 radical (unpaired) electrons. The number of carbonyl (C=O) groups excluding carboxylic acids is 1. The summed E-state index contributed by atoms with van der Waals surface area (Å²) >= 11 is 0. The van der Waals surface area contributed by atoms with Crippen molar-refractivity contribution in [1.82, 2.24) is 10.6 Å². The van der Waals surface area contributed by atoms with E-state index in [0.717, 1.165) is 43.5 Å². The average molecular weight is 290 g/mol.